The third-order valence-electron chi connectivity index (χ3n) is 3.18. The smallest absolute Gasteiger partial charge is 0.146 e. The highest BCUT2D eigenvalue weighted by Crippen LogP contribution is 2.27. The van der Waals surface area contributed by atoms with Crippen LogP contribution in [0.1, 0.15) is 11.3 Å². The molecule has 0 radical (unpaired) electrons. The van der Waals surface area contributed by atoms with E-state index in [0.717, 1.165) is 27.3 Å². The van der Waals surface area contributed by atoms with Crippen LogP contribution in [0.15, 0.2) is 69.6 Å². The van der Waals surface area contributed by atoms with Crippen molar-refractivity contribution in [1.82, 2.24) is 0 Å². The van der Waals surface area contributed by atoms with E-state index >= 15 is 0 Å². The van der Waals surface area contributed by atoms with Gasteiger partial charge in [0.2, 0.25) is 0 Å². The van der Waals surface area contributed by atoms with E-state index < -0.39 is 0 Å². The van der Waals surface area contributed by atoms with E-state index in [0.29, 0.717) is 6.61 Å². The summed E-state index contributed by atoms with van der Waals surface area (Å²) < 4.78 is 12.6. The van der Waals surface area contributed by atoms with Gasteiger partial charge in [0.1, 0.15) is 23.9 Å². The van der Waals surface area contributed by atoms with Crippen LogP contribution in [-0.4, -0.2) is 0 Å². The van der Waals surface area contributed by atoms with Crippen molar-refractivity contribution in [3.8, 4) is 17.1 Å². The molecule has 0 bridgehead atoms. The molecule has 0 amide bonds. The molecule has 0 fully saturated rings. The minimum atomic E-state index is 0.411. The van der Waals surface area contributed by atoms with Crippen molar-refractivity contribution >= 4 is 15.9 Å². The normalized spacial score (nSPS) is 10.6. The summed E-state index contributed by atoms with van der Waals surface area (Å²) in [5.74, 6) is 2.48. The van der Waals surface area contributed by atoms with Crippen molar-refractivity contribution in [2.75, 3.05) is 0 Å². The van der Waals surface area contributed by atoms with Crippen LogP contribution in [0.3, 0.4) is 0 Å². The Morgan fingerprint density at radius 3 is 2.57 bits per heavy atom. The highest BCUT2D eigenvalue weighted by molar-refractivity contribution is 9.10. The lowest BCUT2D eigenvalue weighted by Gasteiger charge is -2.07. The van der Waals surface area contributed by atoms with Gasteiger partial charge in [-0.05, 0) is 52.7 Å². The van der Waals surface area contributed by atoms with Crippen molar-refractivity contribution in [2.24, 2.45) is 0 Å². The molecule has 3 aromatic rings. The van der Waals surface area contributed by atoms with E-state index in [1.165, 1.54) is 5.56 Å². The van der Waals surface area contributed by atoms with Gasteiger partial charge < -0.3 is 9.15 Å². The summed E-state index contributed by atoms with van der Waals surface area (Å²) in [7, 11) is 0. The minimum Gasteiger partial charge on any atom is -0.484 e. The van der Waals surface area contributed by atoms with E-state index in [-0.39, 0.29) is 0 Å². The van der Waals surface area contributed by atoms with Crippen LogP contribution in [0, 0.1) is 6.92 Å². The lowest BCUT2D eigenvalue weighted by molar-refractivity contribution is 0.270. The molecule has 0 spiro atoms. The Balaban J connectivity index is 1.70. The Hall–Kier alpha value is -2.00. The second kappa shape index (κ2) is 6.19. The maximum absolute atomic E-state index is 5.81. The Morgan fingerprint density at radius 2 is 1.81 bits per heavy atom. The average molecular weight is 343 g/mol. The van der Waals surface area contributed by atoms with Gasteiger partial charge >= 0.3 is 0 Å². The van der Waals surface area contributed by atoms with E-state index in [1.807, 2.05) is 67.6 Å². The molecule has 0 saturated heterocycles. The fourth-order valence-corrected chi connectivity index (χ4v) is 2.69. The van der Waals surface area contributed by atoms with Gasteiger partial charge in [-0.25, -0.2) is 0 Å². The van der Waals surface area contributed by atoms with Gasteiger partial charge in [-0.3, -0.25) is 0 Å². The molecule has 3 heteroatoms. The Morgan fingerprint density at radius 1 is 1.00 bits per heavy atom. The Bertz CT molecular complexity index is 732. The average Bonchev–Trinajstić information content (AvgIpc) is 2.96. The molecule has 2 aromatic carbocycles. The van der Waals surface area contributed by atoms with Crippen molar-refractivity contribution in [2.45, 2.75) is 13.5 Å². The molecule has 0 saturated carbocycles. The van der Waals surface area contributed by atoms with Crippen molar-refractivity contribution in [3.05, 3.63) is 76.5 Å². The standard InChI is InChI=1S/C18H15BrO2/c1-13-7-9-18(16(19)11-13)20-12-15-8-10-17(21-15)14-5-3-2-4-6-14/h2-11H,12H2,1H3. The molecule has 3 rings (SSSR count). The predicted molar refractivity (Wildman–Crippen MR) is 87.4 cm³/mol. The molecule has 0 aliphatic rings. The third kappa shape index (κ3) is 3.37. The zero-order valence-electron chi connectivity index (χ0n) is 11.7. The van der Waals surface area contributed by atoms with Crippen LogP contribution in [-0.2, 0) is 6.61 Å². The van der Waals surface area contributed by atoms with Gasteiger partial charge in [-0.2, -0.15) is 0 Å². The molecule has 1 aromatic heterocycles. The second-order valence-corrected chi connectivity index (χ2v) is 5.71. The number of rotatable bonds is 4. The molecule has 0 aliphatic heterocycles. The van der Waals surface area contributed by atoms with Crippen molar-refractivity contribution in [3.63, 3.8) is 0 Å². The second-order valence-electron chi connectivity index (χ2n) is 4.85. The number of hydrogen-bond acceptors (Lipinski definition) is 2. The number of ether oxygens (including phenoxy) is 1. The lowest BCUT2D eigenvalue weighted by atomic mass is 10.2. The SMILES string of the molecule is Cc1ccc(OCc2ccc(-c3ccccc3)o2)c(Br)c1. The highest BCUT2D eigenvalue weighted by atomic mass is 79.9. The predicted octanol–water partition coefficient (Wildman–Crippen LogP) is 5.60. The van der Waals surface area contributed by atoms with Crippen LogP contribution in [0.2, 0.25) is 0 Å². The largest absolute Gasteiger partial charge is 0.484 e. The van der Waals surface area contributed by atoms with E-state index in [9.17, 15) is 0 Å². The molecule has 21 heavy (non-hydrogen) atoms. The van der Waals surface area contributed by atoms with Gasteiger partial charge in [0, 0.05) is 5.56 Å². The molecule has 0 aliphatic carbocycles. The zero-order valence-corrected chi connectivity index (χ0v) is 13.3. The molecular formula is C18H15BrO2. The number of aryl methyl sites for hydroxylation is 1. The monoisotopic (exact) mass is 342 g/mol. The summed E-state index contributed by atoms with van der Waals surface area (Å²) in [5, 5.41) is 0. The van der Waals surface area contributed by atoms with Crippen molar-refractivity contribution in [1.29, 1.82) is 0 Å². The van der Waals surface area contributed by atoms with Crippen molar-refractivity contribution < 1.29 is 9.15 Å². The molecule has 0 atom stereocenters. The maximum Gasteiger partial charge on any atom is 0.146 e. The fourth-order valence-electron chi connectivity index (χ4n) is 2.08. The Labute approximate surface area is 132 Å². The minimum absolute atomic E-state index is 0.411. The molecule has 106 valence electrons. The first-order valence-corrected chi connectivity index (χ1v) is 7.55. The van der Waals surface area contributed by atoms with Crippen LogP contribution in [0.5, 0.6) is 5.75 Å². The van der Waals surface area contributed by atoms with Crippen LogP contribution < -0.4 is 4.74 Å². The van der Waals surface area contributed by atoms with Gasteiger partial charge in [0.15, 0.2) is 0 Å². The van der Waals surface area contributed by atoms with Gasteiger partial charge in [0.25, 0.3) is 0 Å². The summed E-state index contributed by atoms with van der Waals surface area (Å²) in [4.78, 5) is 0. The first kappa shape index (κ1) is 14.0. The number of hydrogen-bond donors (Lipinski definition) is 0. The zero-order chi connectivity index (χ0) is 14.7. The molecule has 1 heterocycles. The number of furan rings is 1. The van der Waals surface area contributed by atoms with Gasteiger partial charge in [-0.15, -0.1) is 0 Å². The van der Waals surface area contributed by atoms with Crippen LogP contribution in [0.4, 0.5) is 0 Å². The fraction of sp³-hybridized carbons (Fsp3) is 0.111. The molecule has 2 nitrogen and oxygen atoms in total. The number of halogens is 1. The summed E-state index contributed by atoms with van der Waals surface area (Å²) in [6, 6.07) is 20.0. The maximum atomic E-state index is 5.81. The first-order chi connectivity index (χ1) is 10.2. The Kier molecular flexibility index (Phi) is 4.11. The number of benzene rings is 2. The van der Waals surface area contributed by atoms with Gasteiger partial charge in [0.05, 0.1) is 4.47 Å². The lowest BCUT2D eigenvalue weighted by Crippen LogP contribution is -1.94. The third-order valence-corrected chi connectivity index (χ3v) is 3.80. The van der Waals surface area contributed by atoms with E-state index in [4.69, 9.17) is 9.15 Å². The summed E-state index contributed by atoms with van der Waals surface area (Å²) in [6.45, 7) is 2.46. The van der Waals surface area contributed by atoms with E-state index in [1.54, 1.807) is 0 Å². The summed E-state index contributed by atoms with van der Waals surface area (Å²) in [6.07, 6.45) is 0. The first-order valence-electron chi connectivity index (χ1n) is 6.75. The van der Waals surface area contributed by atoms with Gasteiger partial charge in [-0.1, -0.05) is 36.4 Å². The van der Waals surface area contributed by atoms with Crippen LogP contribution in [0.25, 0.3) is 11.3 Å². The molecule has 0 N–H and O–H groups in total. The summed E-state index contributed by atoms with van der Waals surface area (Å²) in [5.41, 5.74) is 2.26. The topological polar surface area (TPSA) is 22.4 Å². The van der Waals surface area contributed by atoms with E-state index in [2.05, 4.69) is 15.9 Å². The quantitative estimate of drug-likeness (QED) is 0.615. The summed E-state index contributed by atoms with van der Waals surface area (Å²) >= 11 is 3.51. The molecular weight excluding hydrogens is 328 g/mol. The van der Waals surface area contributed by atoms with Crippen LogP contribution >= 0.6 is 15.9 Å². The highest BCUT2D eigenvalue weighted by Gasteiger charge is 2.06. The molecule has 0 unspecified atom stereocenters.